The van der Waals surface area contributed by atoms with Crippen LogP contribution in [0.2, 0.25) is 0 Å². The highest BCUT2D eigenvalue weighted by molar-refractivity contribution is 7.10. The molecule has 8 heteroatoms. The largest absolute Gasteiger partial charge is 0.357 e. The normalized spacial score (nSPS) is 17.7. The SMILES string of the molecule is O=C(CN1c2ccccc2NC2=C(C(=O)CCC2)C1c1cccs1)Nc1ccc(F)cc1F. The lowest BCUT2D eigenvalue weighted by atomic mass is 9.88. The fourth-order valence-corrected chi connectivity index (χ4v) is 5.30. The van der Waals surface area contributed by atoms with Gasteiger partial charge in [-0.1, -0.05) is 18.2 Å². The van der Waals surface area contributed by atoms with Crippen molar-refractivity contribution >= 4 is 40.1 Å². The number of Topliss-reactive ketones (excluding diaryl/α,β-unsaturated/α-hetero) is 1. The minimum Gasteiger partial charge on any atom is -0.357 e. The van der Waals surface area contributed by atoms with Crippen molar-refractivity contribution in [1.82, 2.24) is 0 Å². The molecule has 0 fully saturated rings. The van der Waals surface area contributed by atoms with Crippen LogP contribution in [0.25, 0.3) is 0 Å². The third-order valence-electron chi connectivity index (χ3n) is 5.87. The zero-order valence-electron chi connectivity index (χ0n) is 17.6. The molecular formula is C25H21F2N3O2S. The number of hydrogen-bond donors (Lipinski definition) is 2. The Morgan fingerprint density at radius 3 is 2.76 bits per heavy atom. The topological polar surface area (TPSA) is 61.4 Å². The van der Waals surface area contributed by atoms with Crippen molar-refractivity contribution in [3.63, 3.8) is 0 Å². The number of carbonyl (C=O) groups excluding carboxylic acids is 2. The van der Waals surface area contributed by atoms with Gasteiger partial charge in [0.1, 0.15) is 11.6 Å². The summed E-state index contributed by atoms with van der Waals surface area (Å²) >= 11 is 1.52. The van der Waals surface area contributed by atoms with Crippen LogP contribution in [0, 0.1) is 11.6 Å². The lowest BCUT2D eigenvalue weighted by Crippen LogP contribution is -2.38. The first-order valence-electron chi connectivity index (χ1n) is 10.7. The van der Waals surface area contributed by atoms with Gasteiger partial charge in [-0.15, -0.1) is 11.3 Å². The molecule has 0 saturated carbocycles. The maximum Gasteiger partial charge on any atom is 0.244 e. The Balaban J connectivity index is 1.57. The molecule has 0 spiro atoms. The molecule has 33 heavy (non-hydrogen) atoms. The van der Waals surface area contributed by atoms with Gasteiger partial charge in [-0.2, -0.15) is 0 Å². The Morgan fingerprint density at radius 1 is 1.12 bits per heavy atom. The molecule has 5 rings (SSSR count). The van der Waals surface area contributed by atoms with E-state index in [0.717, 1.165) is 46.9 Å². The smallest absolute Gasteiger partial charge is 0.244 e. The minimum absolute atomic E-state index is 0.0601. The summed E-state index contributed by atoms with van der Waals surface area (Å²) in [6.07, 6.45) is 1.98. The molecular weight excluding hydrogens is 444 g/mol. The third-order valence-corrected chi connectivity index (χ3v) is 6.80. The summed E-state index contributed by atoms with van der Waals surface area (Å²) in [4.78, 5) is 29.0. The monoisotopic (exact) mass is 465 g/mol. The number of amides is 1. The molecule has 0 bridgehead atoms. The molecule has 168 valence electrons. The van der Waals surface area contributed by atoms with E-state index in [0.29, 0.717) is 12.0 Å². The van der Waals surface area contributed by atoms with E-state index in [9.17, 15) is 18.4 Å². The molecule has 2 N–H and O–H groups in total. The molecule has 2 aliphatic rings. The maximum atomic E-state index is 14.1. The van der Waals surface area contributed by atoms with E-state index < -0.39 is 23.6 Å². The Labute approximate surface area is 193 Å². The standard InChI is InChI=1S/C25H21F2N3O2S/c26-15-10-11-17(16(27)13-15)29-23(32)14-30-20-7-2-1-5-18(20)28-19-6-3-8-21(31)24(19)25(30)22-9-4-12-33-22/h1-2,4-5,7,9-13,25,28H,3,6,8,14H2,(H,29,32). The Hall–Kier alpha value is -3.52. The van der Waals surface area contributed by atoms with Crippen LogP contribution in [-0.2, 0) is 9.59 Å². The number of rotatable bonds is 4. The number of nitrogens with one attached hydrogen (secondary N) is 2. The molecule has 1 aromatic heterocycles. The number of allylic oxidation sites excluding steroid dienone is 1. The molecule has 2 heterocycles. The number of para-hydroxylation sites is 2. The van der Waals surface area contributed by atoms with Crippen LogP contribution in [-0.4, -0.2) is 18.2 Å². The number of benzene rings is 2. The van der Waals surface area contributed by atoms with Gasteiger partial charge < -0.3 is 15.5 Å². The van der Waals surface area contributed by atoms with Crippen molar-refractivity contribution in [2.75, 3.05) is 22.1 Å². The molecule has 1 aliphatic heterocycles. The first kappa shape index (κ1) is 21.3. The summed E-state index contributed by atoms with van der Waals surface area (Å²) in [5, 5.41) is 7.93. The van der Waals surface area contributed by atoms with Crippen molar-refractivity contribution < 1.29 is 18.4 Å². The van der Waals surface area contributed by atoms with Crippen LogP contribution in [0.5, 0.6) is 0 Å². The number of anilines is 3. The van der Waals surface area contributed by atoms with E-state index in [1.165, 1.54) is 17.4 Å². The van der Waals surface area contributed by atoms with Gasteiger partial charge in [0.25, 0.3) is 0 Å². The molecule has 5 nitrogen and oxygen atoms in total. The number of thiophene rings is 1. The molecule has 0 saturated heterocycles. The quantitative estimate of drug-likeness (QED) is 0.523. The number of nitrogens with zero attached hydrogens (tertiary/aromatic N) is 1. The van der Waals surface area contributed by atoms with Crippen molar-refractivity contribution in [2.45, 2.75) is 25.3 Å². The van der Waals surface area contributed by atoms with Gasteiger partial charge in [0, 0.05) is 28.6 Å². The predicted octanol–water partition coefficient (Wildman–Crippen LogP) is 5.65. The van der Waals surface area contributed by atoms with Gasteiger partial charge in [0.15, 0.2) is 5.78 Å². The summed E-state index contributed by atoms with van der Waals surface area (Å²) in [7, 11) is 0. The first-order chi connectivity index (χ1) is 16.0. The van der Waals surface area contributed by atoms with Gasteiger partial charge in [0.05, 0.1) is 29.6 Å². The van der Waals surface area contributed by atoms with Crippen molar-refractivity contribution in [3.8, 4) is 0 Å². The lowest BCUT2D eigenvalue weighted by molar-refractivity contribution is -0.117. The van der Waals surface area contributed by atoms with Crippen molar-refractivity contribution in [3.05, 3.63) is 87.8 Å². The van der Waals surface area contributed by atoms with Gasteiger partial charge >= 0.3 is 0 Å². The van der Waals surface area contributed by atoms with Crippen LogP contribution in [0.4, 0.5) is 25.8 Å². The second-order valence-corrected chi connectivity index (χ2v) is 9.01. The number of ketones is 1. The van der Waals surface area contributed by atoms with E-state index in [1.54, 1.807) is 0 Å². The Morgan fingerprint density at radius 2 is 1.97 bits per heavy atom. The van der Waals surface area contributed by atoms with Gasteiger partial charge in [-0.05, 0) is 48.6 Å². The minimum atomic E-state index is -0.844. The highest BCUT2D eigenvalue weighted by Gasteiger charge is 2.37. The summed E-state index contributed by atoms with van der Waals surface area (Å²) in [5.41, 5.74) is 3.03. The van der Waals surface area contributed by atoms with Gasteiger partial charge in [0.2, 0.25) is 5.91 Å². The Bertz CT molecular complexity index is 1260. The molecule has 1 amide bonds. The van der Waals surface area contributed by atoms with Crippen molar-refractivity contribution in [1.29, 1.82) is 0 Å². The second kappa shape index (κ2) is 8.78. The van der Waals surface area contributed by atoms with E-state index in [2.05, 4.69) is 10.6 Å². The zero-order chi connectivity index (χ0) is 22.9. The molecule has 1 unspecified atom stereocenters. The number of carbonyl (C=O) groups is 2. The predicted molar refractivity (Wildman–Crippen MR) is 125 cm³/mol. The zero-order valence-corrected chi connectivity index (χ0v) is 18.4. The molecule has 1 aliphatic carbocycles. The Kier molecular flexibility index (Phi) is 5.68. The summed E-state index contributed by atoms with van der Waals surface area (Å²) in [6.45, 7) is -0.123. The average molecular weight is 466 g/mol. The summed E-state index contributed by atoms with van der Waals surface area (Å²) in [6, 6.07) is 14.0. The van der Waals surface area contributed by atoms with Gasteiger partial charge in [-0.3, -0.25) is 9.59 Å². The summed E-state index contributed by atoms with van der Waals surface area (Å²) in [5.74, 6) is -1.97. The highest BCUT2D eigenvalue weighted by Crippen LogP contribution is 2.45. The fourth-order valence-electron chi connectivity index (χ4n) is 4.45. The van der Waals surface area contributed by atoms with Crippen LogP contribution >= 0.6 is 11.3 Å². The van der Waals surface area contributed by atoms with E-state index in [1.807, 2.05) is 46.7 Å². The van der Waals surface area contributed by atoms with Crippen LogP contribution in [0.3, 0.4) is 0 Å². The summed E-state index contributed by atoms with van der Waals surface area (Å²) < 4.78 is 27.4. The molecule has 0 radical (unpaired) electrons. The maximum absolute atomic E-state index is 14.1. The average Bonchev–Trinajstić information content (AvgIpc) is 3.27. The van der Waals surface area contributed by atoms with E-state index >= 15 is 0 Å². The van der Waals surface area contributed by atoms with Crippen molar-refractivity contribution in [2.24, 2.45) is 0 Å². The van der Waals surface area contributed by atoms with Crippen LogP contribution in [0.1, 0.15) is 30.2 Å². The number of halogens is 2. The fraction of sp³-hybridized carbons (Fsp3) is 0.200. The van der Waals surface area contributed by atoms with Crippen LogP contribution in [0.15, 0.2) is 71.2 Å². The lowest BCUT2D eigenvalue weighted by Gasteiger charge is -2.34. The third kappa shape index (κ3) is 4.14. The van der Waals surface area contributed by atoms with Crippen LogP contribution < -0.4 is 15.5 Å². The molecule has 3 aromatic rings. The van der Waals surface area contributed by atoms with Gasteiger partial charge in [-0.25, -0.2) is 8.78 Å². The number of fused-ring (bicyclic) bond motifs is 1. The van der Waals surface area contributed by atoms with E-state index in [-0.39, 0.29) is 18.0 Å². The molecule has 1 atom stereocenters. The highest BCUT2D eigenvalue weighted by atomic mass is 32.1. The number of hydrogen-bond acceptors (Lipinski definition) is 5. The molecule has 2 aromatic carbocycles. The first-order valence-corrected chi connectivity index (χ1v) is 11.6. The van der Waals surface area contributed by atoms with E-state index in [4.69, 9.17) is 0 Å². The second-order valence-electron chi connectivity index (χ2n) is 8.03.